The lowest BCUT2D eigenvalue weighted by molar-refractivity contribution is -0.136. The number of halogens is 1. The Bertz CT molecular complexity index is 1460. The minimum atomic E-state index is -0.852. The maximum atomic E-state index is 11.7. The molecule has 214 valence electrons. The van der Waals surface area contributed by atoms with E-state index in [1.54, 1.807) is 43.4 Å². The van der Waals surface area contributed by atoms with E-state index in [1.165, 1.54) is 0 Å². The lowest BCUT2D eigenvalue weighted by Gasteiger charge is -2.37. The fraction of sp³-hybridized carbons (Fsp3) is 0.433. The number of hydrogen-bond acceptors (Lipinski definition) is 8. The third-order valence-corrected chi connectivity index (χ3v) is 8.83. The Hall–Kier alpha value is -2.56. The number of aryl methyl sites for hydroxylation is 1. The van der Waals surface area contributed by atoms with E-state index in [9.17, 15) is 9.90 Å². The number of nitrogens with zero attached hydrogens (tertiary/aromatic N) is 4. The Morgan fingerprint density at radius 2 is 1.70 bits per heavy atom. The summed E-state index contributed by atoms with van der Waals surface area (Å²) < 4.78 is 0.978. The number of rotatable bonds is 6. The molecule has 0 radical (unpaired) electrons. The van der Waals surface area contributed by atoms with Crippen molar-refractivity contribution in [1.29, 1.82) is 0 Å². The lowest BCUT2D eigenvalue weighted by Crippen LogP contribution is -2.49. The molecule has 0 unspecified atom stereocenters. The van der Waals surface area contributed by atoms with Gasteiger partial charge in [-0.2, -0.15) is 0 Å². The molecule has 1 fully saturated rings. The van der Waals surface area contributed by atoms with Crippen molar-refractivity contribution in [2.24, 2.45) is 0 Å². The monoisotopic (exact) mass is 600 g/mol. The second-order valence-corrected chi connectivity index (χ2v) is 13.6. The first-order valence-corrected chi connectivity index (χ1v) is 15.5. The molecule has 1 aliphatic heterocycles. The number of benzene rings is 2. The van der Waals surface area contributed by atoms with E-state index in [0.717, 1.165) is 74.5 Å². The summed E-state index contributed by atoms with van der Waals surface area (Å²) >= 11 is 9.31. The van der Waals surface area contributed by atoms with Crippen molar-refractivity contribution in [3.05, 3.63) is 51.9 Å². The van der Waals surface area contributed by atoms with Crippen molar-refractivity contribution in [3.63, 3.8) is 0 Å². The molecule has 2 N–H and O–H groups in total. The first-order valence-electron chi connectivity index (χ1n) is 13.4. The van der Waals surface area contributed by atoms with Gasteiger partial charge in [-0.15, -0.1) is 22.7 Å². The molecule has 4 aromatic rings. The summed E-state index contributed by atoms with van der Waals surface area (Å²) in [6.45, 7) is 15.7. The van der Waals surface area contributed by atoms with E-state index in [0.29, 0.717) is 11.1 Å². The zero-order valence-electron chi connectivity index (χ0n) is 23.9. The van der Waals surface area contributed by atoms with Gasteiger partial charge in [0.1, 0.15) is 5.82 Å². The van der Waals surface area contributed by atoms with Gasteiger partial charge in [-0.25, -0.2) is 9.97 Å². The highest BCUT2D eigenvalue weighted by atomic mass is 35.5. The molecule has 2 aromatic heterocycles. The van der Waals surface area contributed by atoms with Crippen LogP contribution in [0.25, 0.3) is 31.4 Å². The smallest absolute Gasteiger partial charge is 0.307 e. The van der Waals surface area contributed by atoms with Gasteiger partial charge in [0.05, 0.1) is 22.2 Å². The molecule has 0 saturated carbocycles. The maximum absolute atomic E-state index is 11.7. The van der Waals surface area contributed by atoms with E-state index >= 15 is 0 Å². The van der Waals surface area contributed by atoms with Gasteiger partial charge in [0.15, 0.2) is 10.0 Å². The Balaban J connectivity index is 0.000000681. The zero-order valence-corrected chi connectivity index (χ0v) is 26.3. The predicted molar refractivity (Wildman–Crippen MR) is 168 cm³/mol. The third-order valence-electron chi connectivity index (χ3n) is 6.52. The highest BCUT2D eigenvalue weighted by molar-refractivity contribution is 7.25. The predicted octanol–water partition coefficient (Wildman–Crippen LogP) is 6.98. The fourth-order valence-electron chi connectivity index (χ4n) is 4.60. The molecule has 1 aliphatic rings. The Morgan fingerprint density at radius 3 is 2.27 bits per heavy atom. The SMILES string of the molecule is CC(C)(C)O.Cc1cc2nc(-c3nc(N4CCN(C(C)C)CC4)cs3)sc2c(-c2ccc(Cl)cc2)c1CC(=O)O. The first-order chi connectivity index (χ1) is 18.8. The Labute approximate surface area is 249 Å². The summed E-state index contributed by atoms with van der Waals surface area (Å²) in [7, 11) is 0. The topological polar surface area (TPSA) is 89.8 Å². The number of fused-ring (bicyclic) bond motifs is 1. The molecule has 0 atom stereocenters. The number of piperazine rings is 1. The average molecular weight is 601 g/mol. The number of aromatic nitrogens is 2. The summed E-state index contributed by atoms with van der Waals surface area (Å²) in [6.07, 6.45) is -0.0449. The van der Waals surface area contributed by atoms with E-state index < -0.39 is 11.6 Å². The van der Waals surface area contributed by atoms with Crippen LogP contribution in [0.3, 0.4) is 0 Å². The number of aliphatic carboxylic acids is 1. The summed E-state index contributed by atoms with van der Waals surface area (Å²) in [5.41, 5.74) is 3.96. The number of carboxylic acid groups (broad SMARTS) is 1. The summed E-state index contributed by atoms with van der Waals surface area (Å²) in [5.74, 6) is 0.155. The van der Waals surface area contributed by atoms with Crippen LogP contribution in [0, 0.1) is 6.92 Å². The molecule has 5 rings (SSSR count). The number of aliphatic hydroxyl groups is 1. The number of anilines is 1. The van der Waals surface area contributed by atoms with Crippen LogP contribution in [0.4, 0.5) is 5.82 Å². The zero-order chi connectivity index (χ0) is 29.2. The third kappa shape index (κ3) is 7.59. The standard InChI is InChI=1S/C26H27ClN4O2S2.C4H10O/c1-15(2)30-8-10-31(11-9-30)21-14-34-25(29-21)26-28-20-12-16(3)19(13-22(32)33)23(24(20)35-26)17-4-6-18(27)7-5-17;1-4(2,3)5/h4-7,12,14-15H,8-11,13H2,1-3H3,(H,32,33);5H,1-3H3. The maximum Gasteiger partial charge on any atom is 0.307 e. The van der Waals surface area contributed by atoms with Gasteiger partial charge in [0.25, 0.3) is 0 Å². The van der Waals surface area contributed by atoms with Crippen molar-refractivity contribution >= 4 is 56.3 Å². The quantitative estimate of drug-likeness (QED) is 0.247. The van der Waals surface area contributed by atoms with Gasteiger partial charge in [-0.1, -0.05) is 23.7 Å². The number of hydrogen-bond donors (Lipinski definition) is 2. The molecule has 2 aromatic carbocycles. The molecule has 0 amide bonds. The van der Waals surface area contributed by atoms with Gasteiger partial charge in [0, 0.05) is 48.2 Å². The molecule has 0 bridgehead atoms. The average Bonchev–Trinajstić information content (AvgIpc) is 3.51. The van der Waals surface area contributed by atoms with Crippen LogP contribution in [0.1, 0.15) is 45.7 Å². The highest BCUT2D eigenvalue weighted by Gasteiger charge is 2.23. The van der Waals surface area contributed by atoms with E-state index in [2.05, 4.69) is 29.0 Å². The summed E-state index contributed by atoms with van der Waals surface area (Å²) in [5, 5.41) is 22.6. The van der Waals surface area contributed by atoms with Crippen LogP contribution >= 0.6 is 34.3 Å². The van der Waals surface area contributed by atoms with E-state index in [-0.39, 0.29) is 6.42 Å². The second kappa shape index (κ2) is 12.5. The Kier molecular flexibility index (Phi) is 9.52. The van der Waals surface area contributed by atoms with Crippen LogP contribution < -0.4 is 4.90 Å². The normalized spacial score (nSPS) is 14.5. The van der Waals surface area contributed by atoms with Crippen LogP contribution in [-0.2, 0) is 11.2 Å². The van der Waals surface area contributed by atoms with E-state index in [1.807, 2.05) is 37.3 Å². The first kappa shape index (κ1) is 30.4. The minimum Gasteiger partial charge on any atom is -0.481 e. The molecule has 0 spiro atoms. The molecule has 3 heterocycles. The molecule has 40 heavy (non-hydrogen) atoms. The van der Waals surface area contributed by atoms with Crippen molar-refractivity contribution in [2.45, 2.75) is 59.6 Å². The van der Waals surface area contributed by atoms with Crippen molar-refractivity contribution in [2.75, 3.05) is 31.1 Å². The molecular formula is C30H37ClN4O3S2. The van der Waals surface area contributed by atoms with Crippen molar-refractivity contribution < 1.29 is 15.0 Å². The van der Waals surface area contributed by atoms with Crippen LogP contribution in [0.15, 0.2) is 35.7 Å². The molecule has 10 heteroatoms. The van der Waals surface area contributed by atoms with Gasteiger partial charge >= 0.3 is 5.97 Å². The van der Waals surface area contributed by atoms with Crippen LogP contribution in [-0.4, -0.2) is 68.9 Å². The van der Waals surface area contributed by atoms with Gasteiger partial charge in [-0.05, 0) is 76.4 Å². The van der Waals surface area contributed by atoms with Gasteiger partial charge < -0.3 is 15.1 Å². The largest absolute Gasteiger partial charge is 0.481 e. The second-order valence-electron chi connectivity index (χ2n) is 11.3. The van der Waals surface area contributed by atoms with Crippen LogP contribution in [0.2, 0.25) is 5.02 Å². The lowest BCUT2D eigenvalue weighted by atomic mass is 9.93. The number of carbonyl (C=O) groups is 1. The summed E-state index contributed by atoms with van der Waals surface area (Å²) in [6, 6.07) is 10.1. The van der Waals surface area contributed by atoms with E-state index in [4.69, 9.17) is 26.7 Å². The molecular weight excluding hydrogens is 564 g/mol. The molecule has 7 nitrogen and oxygen atoms in total. The van der Waals surface area contributed by atoms with Crippen LogP contribution in [0.5, 0.6) is 0 Å². The summed E-state index contributed by atoms with van der Waals surface area (Å²) in [4.78, 5) is 26.4. The Morgan fingerprint density at radius 1 is 1.07 bits per heavy atom. The van der Waals surface area contributed by atoms with Gasteiger partial charge in [-0.3, -0.25) is 9.69 Å². The highest BCUT2D eigenvalue weighted by Crippen LogP contribution is 2.42. The number of carboxylic acids is 1. The fourth-order valence-corrected chi connectivity index (χ4v) is 6.73. The van der Waals surface area contributed by atoms with Crippen molar-refractivity contribution in [3.8, 4) is 21.1 Å². The number of thiazole rings is 2. The van der Waals surface area contributed by atoms with Gasteiger partial charge in [0.2, 0.25) is 0 Å². The molecule has 0 aliphatic carbocycles. The van der Waals surface area contributed by atoms with Crippen molar-refractivity contribution in [1.82, 2.24) is 14.9 Å². The molecule has 1 saturated heterocycles. The minimum absolute atomic E-state index is 0.0449.